The van der Waals surface area contributed by atoms with Crippen molar-refractivity contribution in [1.82, 2.24) is 19.4 Å². The first-order valence-electron chi connectivity index (χ1n) is 11.3. The zero-order valence-electron chi connectivity index (χ0n) is 18.8. The van der Waals surface area contributed by atoms with E-state index >= 15 is 0 Å². The average molecular weight is 421 g/mol. The summed E-state index contributed by atoms with van der Waals surface area (Å²) < 4.78 is 7.76. The van der Waals surface area contributed by atoms with Crippen molar-refractivity contribution in [2.45, 2.75) is 58.5 Å². The molecule has 1 aliphatic carbocycles. The Morgan fingerprint density at radius 2 is 1.97 bits per heavy atom. The molecule has 6 nitrogen and oxygen atoms in total. The highest BCUT2D eigenvalue weighted by atomic mass is 16.5. The molecule has 0 unspecified atom stereocenters. The van der Waals surface area contributed by atoms with Crippen LogP contribution in [0, 0.1) is 5.92 Å². The van der Waals surface area contributed by atoms with Gasteiger partial charge in [-0.2, -0.15) is 0 Å². The predicted molar refractivity (Wildman–Crippen MR) is 122 cm³/mol. The van der Waals surface area contributed by atoms with Crippen LogP contribution in [0.15, 0.2) is 42.6 Å². The summed E-state index contributed by atoms with van der Waals surface area (Å²) in [5.74, 6) is 2.01. The third kappa shape index (κ3) is 4.58. The molecule has 3 aromatic rings. The first-order valence-corrected chi connectivity index (χ1v) is 11.3. The number of carbonyl (C=O) groups is 1. The second-order valence-corrected chi connectivity index (χ2v) is 8.79. The molecule has 6 heteroatoms. The molecule has 0 N–H and O–H groups in total. The Bertz CT molecular complexity index is 1040. The van der Waals surface area contributed by atoms with Crippen LogP contribution in [0.1, 0.15) is 68.2 Å². The van der Waals surface area contributed by atoms with Crippen LogP contribution in [0.2, 0.25) is 0 Å². The van der Waals surface area contributed by atoms with Crippen molar-refractivity contribution in [3.8, 4) is 5.75 Å². The van der Waals surface area contributed by atoms with Gasteiger partial charge in [-0.25, -0.2) is 9.97 Å². The number of ether oxygens (including phenoxy) is 1. The molecule has 1 fully saturated rings. The molecule has 1 amide bonds. The number of benzene rings is 1. The normalized spacial score (nSPS) is 14.5. The van der Waals surface area contributed by atoms with Crippen LogP contribution in [0.25, 0.3) is 11.2 Å². The average Bonchev–Trinajstić information content (AvgIpc) is 3.43. The maximum absolute atomic E-state index is 13.6. The molecule has 0 saturated heterocycles. The van der Waals surface area contributed by atoms with Crippen molar-refractivity contribution in [3.05, 3.63) is 54.0 Å². The Labute approximate surface area is 184 Å². The van der Waals surface area contributed by atoms with Crippen LogP contribution in [-0.2, 0) is 6.54 Å². The summed E-state index contributed by atoms with van der Waals surface area (Å²) in [6, 6.07) is 11.8. The highest BCUT2D eigenvalue weighted by Crippen LogP contribution is 2.33. The molecule has 1 aromatic carbocycles. The van der Waals surface area contributed by atoms with E-state index < -0.39 is 0 Å². The van der Waals surface area contributed by atoms with Gasteiger partial charge in [-0.05, 0) is 49.4 Å². The fraction of sp³-hybridized carbons (Fsp3) is 0.480. The highest BCUT2D eigenvalue weighted by molar-refractivity contribution is 5.97. The minimum atomic E-state index is -0.0175. The first-order chi connectivity index (χ1) is 15.1. The van der Waals surface area contributed by atoms with Crippen LogP contribution in [0.4, 0.5) is 0 Å². The van der Waals surface area contributed by atoms with Gasteiger partial charge in [0.25, 0.3) is 5.91 Å². The van der Waals surface area contributed by atoms with Crippen molar-refractivity contribution in [1.29, 1.82) is 0 Å². The SMILES string of the molecule is COc1ccccc1C(=O)N(CCC(C)C)Cc1nc2cccnc2n1C1CCCC1. The summed E-state index contributed by atoms with van der Waals surface area (Å²) in [4.78, 5) is 25.1. The van der Waals surface area contributed by atoms with Gasteiger partial charge in [-0.3, -0.25) is 4.79 Å². The second kappa shape index (κ2) is 9.50. The molecule has 31 heavy (non-hydrogen) atoms. The van der Waals surface area contributed by atoms with E-state index in [0.29, 0.717) is 36.4 Å². The van der Waals surface area contributed by atoms with Crippen molar-refractivity contribution >= 4 is 17.1 Å². The Morgan fingerprint density at radius 3 is 2.71 bits per heavy atom. The van der Waals surface area contributed by atoms with E-state index in [1.807, 2.05) is 47.5 Å². The fourth-order valence-corrected chi connectivity index (χ4v) is 4.46. The largest absolute Gasteiger partial charge is 0.496 e. The van der Waals surface area contributed by atoms with Crippen molar-refractivity contribution < 1.29 is 9.53 Å². The summed E-state index contributed by atoms with van der Waals surface area (Å²) >= 11 is 0. The molecule has 164 valence electrons. The number of fused-ring (bicyclic) bond motifs is 1. The van der Waals surface area contributed by atoms with E-state index in [0.717, 1.165) is 36.3 Å². The monoisotopic (exact) mass is 420 g/mol. The molecule has 4 rings (SSSR count). The first kappa shape index (κ1) is 21.3. The molecule has 0 radical (unpaired) electrons. The number of hydrogen-bond donors (Lipinski definition) is 0. The van der Waals surface area contributed by atoms with Crippen LogP contribution in [0.3, 0.4) is 0 Å². The number of rotatable bonds is 8. The number of imidazole rings is 1. The maximum Gasteiger partial charge on any atom is 0.258 e. The van der Waals surface area contributed by atoms with Gasteiger partial charge in [0.1, 0.15) is 17.1 Å². The van der Waals surface area contributed by atoms with Gasteiger partial charge >= 0.3 is 0 Å². The van der Waals surface area contributed by atoms with Crippen LogP contribution >= 0.6 is 0 Å². The van der Waals surface area contributed by atoms with Gasteiger partial charge in [0.05, 0.1) is 19.2 Å². The van der Waals surface area contributed by atoms with Crippen molar-refractivity contribution in [3.63, 3.8) is 0 Å². The van der Waals surface area contributed by atoms with Crippen molar-refractivity contribution in [2.75, 3.05) is 13.7 Å². The molecule has 0 bridgehead atoms. The van der Waals surface area contributed by atoms with Gasteiger partial charge in [0.2, 0.25) is 0 Å². The minimum Gasteiger partial charge on any atom is -0.496 e. The predicted octanol–water partition coefficient (Wildman–Crippen LogP) is 5.24. The Morgan fingerprint density at radius 1 is 1.19 bits per heavy atom. The number of amides is 1. The van der Waals surface area contributed by atoms with E-state index in [1.54, 1.807) is 7.11 Å². The summed E-state index contributed by atoms with van der Waals surface area (Å²) in [6.07, 6.45) is 7.50. The molecule has 2 aromatic heterocycles. The van der Waals surface area contributed by atoms with E-state index in [4.69, 9.17) is 9.72 Å². The van der Waals surface area contributed by atoms with Crippen molar-refractivity contribution in [2.24, 2.45) is 5.92 Å². The molecule has 2 heterocycles. The molecule has 0 aliphatic heterocycles. The Kier molecular flexibility index (Phi) is 6.54. The van der Waals surface area contributed by atoms with E-state index in [-0.39, 0.29) is 5.91 Å². The van der Waals surface area contributed by atoms with Crippen LogP contribution < -0.4 is 4.74 Å². The number of para-hydroxylation sites is 1. The van der Waals surface area contributed by atoms with Crippen LogP contribution in [-0.4, -0.2) is 39.0 Å². The van der Waals surface area contributed by atoms with E-state index in [2.05, 4.69) is 23.4 Å². The summed E-state index contributed by atoms with van der Waals surface area (Å²) in [7, 11) is 1.61. The quantitative estimate of drug-likeness (QED) is 0.500. The fourth-order valence-electron chi connectivity index (χ4n) is 4.46. The van der Waals surface area contributed by atoms with E-state index in [9.17, 15) is 4.79 Å². The molecule has 1 aliphatic rings. The number of methoxy groups -OCH3 is 1. The summed E-state index contributed by atoms with van der Waals surface area (Å²) in [5, 5.41) is 0. The number of aromatic nitrogens is 3. The Balaban J connectivity index is 1.71. The second-order valence-electron chi connectivity index (χ2n) is 8.79. The van der Waals surface area contributed by atoms with Gasteiger partial charge in [-0.15, -0.1) is 0 Å². The number of hydrogen-bond acceptors (Lipinski definition) is 4. The smallest absolute Gasteiger partial charge is 0.258 e. The number of pyridine rings is 1. The van der Waals surface area contributed by atoms with Gasteiger partial charge in [-0.1, -0.05) is 38.8 Å². The molecular weight excluding hydrogens is 388 g/mol. The maximum atomic E-state index is 13.6. The van der Waals surface area contributed by atoms with Gasteiger partial charge in [0.15, 0.2) is 5.65 Å². The lowest BCUT2D eigenvalue weighted by Gasteiger charge is -2.25. The molecule has 1 saturated carbocycles. The van der Waals surface area contributed by atoms with Crippen LogP contribution in [0.5, 0.6) is 5.75 Å². The minimum absolute atomic E-state index is 0.0175. The molecule has 0 spiro atoms. The highest BCUT2D eigenvalue weighted by Gasteiger charge is 2.27. The number of nitrogens with zero attached hydrogens (tertiary/aromatic N) is 4. The number of carbonyl (C=O) groups excluding carboxylic acids is 1. The molecular formula is C25H32N4O2. The zero-order valence-corrected chi connectivity index (χ0v) is 18.8. The Hall–Kier alpha value is -2.89. The lowest BCUT2D eigenvalue weighted by molar-refractivity contribution is 0.0725. The zero-order chi connectivity index (χ0) is 21.8. The van der Waals surface area contributed by atoms with E-state index in [1.165, 1.54) is 12.8 Å². The van der Waals surface area contributed by atoms with Gasteiger partial charge in [0, 0.05) is 18.8 Å². The standard InChI is InChI=1S/C25H32N4O2/c1-18(2)14-16-28(25(30)20-11-6-7-13-22(20)31-3)17-23-27-21-12-8-15-26-24(21)29(23)19-9-4-5-10-19/h6-8,11-13,15,18-19H,4-5,9-10,14,16-17H2,1-3H3. The third-order valence-electron chi connectivity index (χ3n) is 6.14. The summed E-state index contributed by atoms with van der Waals surface area (Å²) in [6.45, 7) is 5.51. The topological polar surface area (TPSA) is 60.2 Å². The lowest BCUT2D eigenvalue weighted by atomic mass is 10.1. The summed E-state index contributed by atoms with van der Waals surface area (Å²) in [5.41, 5.74) is 2.42. The van der Waals surface area contributed by atoms with Gasteiger partial charge < -0.3 is 14.2 Å². The molecule has 0 atom stereocenters. The third-order valence-corrected chi connectivity index (χ3v) is 6.14. The lowest BCUT2D eigenvalue weighted by Crippen LogP contribution is -2.33.